The van der Waals surface area contributed by atoms with Gasteiger partial charge in [-0.1, -0.05) is 38.5 Å². The van der Waals surface area contributed by atoms with Crippen LogP contribution in [0.3, 0.4) is 0 Å². The van der Waals surface area contributed by atoms with E-state index in [0.717, 1.165) is 19.1 Å². The molecule has 0 bridgehead atoms. The van der Waals surface area contributed by atoms with E-state index in [9.17, 15) is 0 Å². The summed E-state index contributed by atoms with van der Waals surface area (Å²) in [5, 5.41) is 0. The average Bonchev–Trinajstić information content (AvgIpc) is 2.55. The van der Waals surface area contributed by atoms with Crippen LogP contribution in [-0.2, 0) is 17.7 Å². The predicted molar refractivity (Wildman–Crippen MR) is 95.7 cm³/mol. The van der Waals surface area contributed by atoms with Crippen molar-refractivity contribution in [3.63, 3.8) is 0 Å². The quantitative estimate of drug-likeness (QED) is 0.382. The molecule has 22 heavy (non-hydrogen) atoms. The maximum Gasteiger partial charge on any atom is 0.500 e. The van der Waals surface area contributed by atoms with Crippen LogP contribution < -0.4 is 0 Å². The zero-order valence-corrected chi connectivity index (χ0v) is 17.1. The smallest absolute Gasteiger partial charge is 0.417 e. The highest BCUT2D eigenvalue weighted by Crippen LogP contribution is 2.27. The van der Waals surface area contributed by atoms with Gasteiger partial charge < -0.3 is 17.7 Å². The molecule has 1 saturated heterocycles. The second-order valence-electron chi connectivity index (χ2n) is 6.67. The van der Waals surface area contributed by atoms with E-state index in [1.54, 1.807) is 21.3 Å². The van der Waals surface area contributed by atoms with Crippen LogP contribution in [0, 0.1) is 0 Å². The molecule has 132 valence electrons. The molecule has 4 nitrogen and oxygen atoms in total. The minimum absolute atomic E-state index is 0.926. The number of unbranched alkanes of at least 4 members (excludes halogenated alkanes) is 5. The molecule has 1 heterocycles. The van der Waals surface area contributed by atoms with Gasteiger partial charge in [-0.3, -0.25) is 0 Å². The minimum atomic E-state index is -2.34. The van der Waals surface area contributed by atoms with Crippen LogP contribution in [0.5, 0.6) is 0 Å². The lowest BCUT2D eigenvalue weighted by Gasteiger charge is -2.31. The highest BCUT2D eigenvalue weighted by molar-refractivity contribution is 6.72. The van der Waals surface area contributed by atoms with E-state index < -0.39 is 17.1 Å². The van der Waals surface area contributed by atoms with Gasteiger partial charge in [-0.05, 0) is 31.5 Å². The molecule has 0 N–H and O–H groups in total. The van der Waals surface area contributed by atoms with Gasteiger partial charge in [0.15, 0.2) is 8.32 Å². The molecule has 1 aliphatic rings. The molecule has 0 spiro atoms. The number of hydrogen-bond acceptors (Lipinski definition) is 4. The zero-order chi connectivity index (χ0) is 16.3. The second kappa shape index (κ2) is 10.9. The SMILES string of the molecule is CO[Si](CCCCCCCC[Si]1(C)CCCCO1)(OC)OC. The highest BCUT2D eigenvalue weighted by Gasteiger charge is 2.36. The van der Waals surface area contributed by atoms with Gasteiger partial charge in [-0.25, -0.2) is 0 Å². The van der Waals surface area contributed by atoms with Crippen molar-refractivity contribution in [2.45, 2.75) is 76.0 Å². The second-order valence-corrected chi connectivity index (χ2v) is 14.0. The van der Waals surface area contributed by atoms with Crippen molar-refractivity contribution in [3.05, 3.63) is 0 Å². The summed E-state index contributed by atoms with van der Waals surface area (Å²) in [6, 6.07) is 3.67. The summed E-state index contributed by atoms with van der Waals surface area (Å²) in [5.41, 5.74) is 0. The summed E-state index contributed by atoms with van der Waals surface area (Å²) in [6.07, 6.45) is 10.4. The van der Waals surface area contributed by atoms with E-state index >= 15 is 0 Å². The Bertz CT molecular complexity index is 271. The Hall–Kier alpha value is 0.274. The molecule has 0 aromatic heterocycles. The zero-order valence-electron chi connectivity index (χ0n) is 15.1. The lowest BCUT2D eigenvalue weighted by molar-refractivity contribution is 0.122. The summed E-state index contributed by atoms with van der Waals surface area (Å²) in [5.74, 6) is 0. The normalized spacial score (nSPS) is 22.9. The van der Waals surface area contributed by atoms with E-state index in [2.05, 4.69) is 6.55 Å². The third kappa shape index (κ3) is 7.23. The molecule has 1 unspecified atom stereocenters. The fraction of sp³-hybridized carbons (Fsp3) is 1.00. The van der Waals surface area contributed by atoms with Crippen molar-refractivity contribution >= 4 is 17.1 Å². The molecule has 0 aromatic carbocycles. The van der Waals surface area contributed by atoms with Gasteiger partial charge in [-0.2, -0.15) is 0 Å². The molecule has 0 amide bonds. The van der Waals surface area contributed by atoms with Gasteiger partial charge in [0.05, 0.1) is 0 Å². The van der Waals surface area contributed by atoms with Gasteiger partial charge >= 0.3 is 8.80 Å². The monoisotopic (exact) mass is 348 g/mol. The summed E-state index contributed by atoms with van der Waals surface area (Å²) in [6.45, 7) is 3.45. The lowest BCUT2D eigenvalue weighted by atomic mass is 10.1. The molecular formula is C16H36O4Si2. The summed E-state index contributed by atoms with van der Waals surface area (Å²) in [4.78, 5) is 0. The van der Waals surface area contributed by atoms with Gasteiger partial charge in [0, 0.05) is 34.0 Å². The highest BCUT2D eigenvalue weighted by atomic mass is 28.4. The Morgan fingerprint density at radius 2 is 1.45 bits per heavy atom. The van der Waals surface area contributed by atoms with Crippen molar-refractivity contribution in [2.24, 2.45) is 0 Å². The first-order valence-electron chi connectivity index (χ1n) is 8.89. The molecule has 1 atom stereocenters. The summed E-state index contributed by atoms with van der Waals surface area (Å²) >= 11 is 0. The fourth-order valence-corrected chi connectivity index (χ4v) is 8.26. The molecule has 0 aromatic rings. The number of hydrogen-bond donors (Lipinski definition) is 0. The summed E-state index contributed by atoms with van der Waals surface area (Å²) in [7, 11) is 1.44. The Balaban J connectivity index is 1.99. The van der Waals surface area contributed by atoms with Crippen molar-refractivity contribution in [1.29, 1.82) is 0 Å². The van der Waals surface area contributed by atoms with Gasteiger partial charge in [-0.15, -0.1) is 0 Å². The Morgan fingerprint density at radius 1 is 0.864 bits per heavy atom. The average molecular weight is 349 g/mol. The molecule has 6 heteroatoms. The molecule has 1 fully saturated rings. The van der Waals surface area contributed by atoms with E-state index in [4.69, 9.17) is 17.7 Å². The number of rotatable bonds is 12. The van der Waals surface area contributed by atoms with Gasteiger partial charge in [0.2, 0.25) is 0 Å². The largest absolute Gasteiger partial charge is 0.500 e. The van der Waals surface area contributed by atoms with Crippen molar-refractivity contribution in [1.82, 2.24) is 0 Å². The Kier molecular flexibility index (Phi) is 10.1. The lowest BCUT2D eigenvalue weighted by Crippen LogP contribution is -2.42. The van der Waals surface area contributed by atoms with Crippen molar-refractivity contribution < 1.29 is 17.7 Å². The van der Waals surface area contributed by atoms with Gasteiger partial charge in [0.25, 0.3) is 0 Å². The van der Waals surface area contributed by atoms with Gasteiger partial charge in [0.1, 0.15) is 0 Å². The van der Waals surface area contributed by atoms with E-state index in [1.165, 1.54) is 57.0 Å². The maximum absolute atomic E-state index is 6.09. The van der Waals surface area contributed by atoms with Crippen LogP contribution in [0.2, 0.25) is 24.7 Å². The van der Waals surface area contributed by atoms with Crippen LogP contribution in [0.1, 0.15) is 51.4 Å². The van der Waals surface area contributed by atoms with E-state index in [-0.39, 0.29) is 0 Å². The first kappa shape index (κ1) is 20.3. The first-order chi connectivity index (χ1) is 10.6. The predicted octanol–water partition coefficient (Wildman–Crippen LogP) is 4.59. The Morgan fingerprint density at radius 3 is 2.00 bits per heavy atom. The maximum atomic E-state index is 6.09. The van der Waals surface area contributed by atoms with E-state index in [1.807, 2.05) is 0 Å². The van der Waals surface area contributed by atoms with Crippen LogP contribution in [0.15, 0.2) is 0 Å². The van der Waals surface area contributed by atoms with Crippen molar-refractivity contribution in [3.8, 4) is 0 Å². The van der Waals surface area contributed by atoms with Crippen LogP contribution >= 0.6 is 0 Å². The van der Waals surface area contributed by atoms with Crippen LogP contribution in [0.25, 0.3) is 0 Å². The van der Waals surface area contributed by atoms with Crippen LogP contribution in [-0.4, -0.2) is 45.1 Å². The topological polar surface area (TPSA) is 36.9 Å². The fourth-order valence-electron chi connectivity index (χ4n) is 3.29. The van der Waals surface area contributed by atoms with Crippen LogP contribution in [0.4, 0.5) is 0 Å². The molecule has 1 aliphatic heterocycles. The molecule has 0 aliphatic carbocycles. The molecular weight excluding hydrogens is 312 g/mol. The minimum Gasteiger partial charge on any atom is -0.417 e. The molecule has 1 rings (SSSR count). The molecule has 0 radical (unpaired) electrons. The van der Waals surface area contributed by atoms with Crippen molar-refractivity contribution in [2.75, 3.05) is 27.9 Å². The standard InChI is InChI=1S/C16H36O4Si2/c1-17-22(18-2,19-3)16-11-8-6-5-7-10-14-21(4)15-12-9-13-20-21/h5-16H2,1-4H3. The third-order valence-corrected chi connectivity index (χ3v) is 11.5. The van der Waals surface area contributed by atoms with E-state index in [0.29, 0.717) is 0 Å². The summed E-state index contributed by atoms with van der Waals surface area (Å²) < 4.78 is 22.4. The molecule has 0 saturated carbocycles. The third-order valence-electron chi connectivity index (χ3n) is 4.92. The first-order valence-corrected chi connectivity index (χ1v) is 13.6. The Labute approximate surface area is 139 Å².